The van der Waals surface area contributed by atoms with Gasteiger partial charge in [-0.25, -0.2) is 0 Å². The van der Waals surface area contributed by atoms with Crippen molar-refractivity contribution in [2.45, 2.75) is 50.4 Å². The van der Waals surface area contributed by atoms with Gasteiger partial charge in [-0.3, -0.25) is 0 Å². The third-order valence-electron chi connectivity index (χ3n) is 4.19. The molecule has 0 spiro atoms. The molecular weight excluding hydrogens is 202 g/mol. The molecule has 1 saturated carbocycles. The van der Waals surface area contributed by atoms with Crippen molar-refractivity contribution in [3.63, 3.8) is 0 Å². The van der Waals surface area contributed by atoms with Gasteiger partial charge in [0.1, 0.15) is 0 Å². The first kappa shape index (κ1) is 10.3. The van der Waals surface area contributed by atoms with Crippen molar-refractivity contribution >= 4 is 0 Å². The Morgan fingerprint density at radius 2 is 1.75 bits per heavy atom. The maximum atomic E-state index is 5.43. The van der Waals surface area contributed by atoms with E-state index < -0.39 is 0 Å². The quantitative estimate of drug-likeness (QED) is 0.826. The molecule has 0 bridgehead atoms. The molecule has 2 heterocycles. The number of rotatable bonds is 2. The summed E-state index contributed by atoms with van der Waals surface area (Å²) in [6.45, 7) is 6.56. The molecule has 4 heteroatoms. The van der Waals surface area contributed by atoms with Gasteiger partial charge in [-0.15, -0.1) is 0 Å². The van der Waals surface area contributed by atoms with Crippen LogP contribution in [0.3, 0.4) is 0 Å². The van der Waals surface area contributed by atoms with Crippen LogP contribution in [0.5, 0.6) is 0 Å². The first-order chi connectivity index (χ1) is 7.62. The predicted molar refractivity (Wildman–Crippen MR) is 60.3 cm³/mol. The molecule has 1 aliphatic carbocycles. The van der Waals surface area contributed by atoms with Crippen LogP contribution < -0.4 is 5.32 Å². The van der Waals surface area contributed by atoms with Gasteiger partial charge >= 0.3 is 0 Å². The van der Waals surface area contributed by atoms with Gasteiger partial charge in [0.05, 0.1) is 0 Å². The number of nitrogens with zero attached hydrogens (tertiary/aromatic N) is 2. The maximum absolute atomic E-state index is 5.43. The molecule has 0 amide bonds. The van der Waals surface area contributed by atoms with Crippen LogP contribution in [0, 0.1) is 0 Å². The first-order valence-corrected chi connectivity index (χ1v) is 6.18. The largest absolute Gasteiger partial charge is 0.339 e. The molecule has 1 saturated heterocycles. The molecule has 88 valence electrons. The van der Waals surface area contributed by atoms with E-state index in [-0.39, 0.29) is 10.8 Å². The Balaban J connectivity index is 1.85. The van der Waals surface area contributed by atoms with Gasteiger partial charge in [0.2, 0.25) is 5.89 Å². The topological polar surface area (TPSA) is 51.0 Å². The van der Waals surface area contributed by atoms with E-state index in [2.05, 4.69) is 29.3 Å². The van der Waals surface area contributed by atoms with E-state index in [0.29, 0.717) is 0 Å². The van der Waals surface area contributed by atoms with Crippen molar-refractivity contribution in [3.8, 4) is 0 Å². The summed E-state index contributed by atoms with van der Waals surface area (Å²) in [5.74, 6) is 1.76. The Morgan fingerprint density at radius 3 is 2.38 bits per heavy atom. The molecule has 0 atom stereocenters. The molecule has 0 aromatic carbocycles. The van der Waals surface area contributed by atoms with E-state index in [0.717, 1.165) is 37.6 Å². The van der Waals surface area contributed by atoms with Crippen LogP contribution in [-0.2, 0) is 10.8 Å². The average Bonchev–Trinajstić information content (AvgIpc) is 2.84. The van der Waals surface area contributed by atoms with Gasteiger partial charge in [0.15, 0.2) is 5.82 Å². The summed E-state index contributed by atoms with van der Waals surface area (Å²) in [6, 6.07) is 0. The van der Waals surface area contributed by atoms with Gasteiger partial charge in [0.25, 0.3) is 0 Å². The number of hydrogen-bond donors (Lipinski definition) is 1. The Kier molecular flexibility index (Phi) is 2.11. The molecule has 1 aromatic heterocycles. The normalized spacial score (nSPS) is 26.6. The van der Waals surface area contributed by atoms with Crippen molar-refractivity contribution in [1.29, 1.82) is 0 Å². The highest BCUT2D eigenvalue weighted by atomic mass is 16.5. The molecule has 1 N–H and O–H groups in total. The SMILES string of the molecule is CC1(c2noc(C3(C)CC3)n2)CCNCC1. The monoisotopic (exact) mass is 221 g/mol. The minimum absolute atomic E-state index is 0.109. The fourth-order valence-corrected chi connectivity index (χ4v) is 2.32. The summed E-state index contributed by atoms with van der Waals surface area (Å²) in [5, 5.41) is 7.58. The smallest absolute Gasteiger partial charge is 0.232 e. The van der Waals surface area contributed by atoms with Crippen molar-refractivity contribution < 1.29 is 4.52 Å². The second kappa shape index (κ2) is 3.29. The highest BCUT2D eigenvalue weighted by Crippen LogP contribution is 2.47. The molecular formula is C12H19N3O. The average molecular weight is 221 g/mol. The van der Waals surface area contributed by atoms with Gasteiger partial charge in [-0.05, 0) is 38.8 Å². The number of nitrogens with one attached hydrogen (secondary N) is 1. The standard InChI is InChI=1S/C12H19N3O/c1-11(5-7-13-8-6-11)9-14-10(16-15-9)12(2)3-4-12/h13H,3-8H2,1-2H3. The highest BCUT2D eigenvalue weighted by molar-refractivity contribution is 5.16. The van der Waals surface area contributed by atoms with Crippen LogP contribution in [0.1, 0.15) is 51.2 Å². The third-order valence-corrected chi connectivity index (χ3v) is 4.19. The summed E-state index contributed by atoms with van der Waals surface area (Å²) in [7, 11) is 0. The van der Waals surface area contributed by atoms with Gasteiger partial charge in [-0.1, -0.05) is 19.0 Å². The molecule has 0 unspecified atom stereocenters. The van der Waals surface area contributed by atoms with Crippen LogP contribution in [0.4, 0.5) is 0 Å². The van der Waals surface area contributed by atoms with Crippen LogP contribution in [0.2, 0.25) is 0 Å². The Bertz CT molecular complexity index is 389. The summed E-state index contributed by atoms with van der Waals surface area (Å²) in [5.41, 5.74) is 0.298. The maximum Gasteiger partial charge on any atom is 0.232 e. The Hall–Kier alpha value is -0.900. The zero-order valence-corrected chi connectivity index (χ0v) is 10.0. The molecule has 2 fully saturated rings. The van der Waals surface area contributed by atoms with E-state index in [1.165, 1.54) is 12.8 Å². The lowest BCUT2D eigenvalue weighted by molar-refractivity contribution is 0.296. The molecule has 3 rings (SSSR count). The van der Waals surface area contributed by atoms with Crippen LogP contribution in [0.25, 0.3) is 0 Å². The number of piperidine rings is 1. The second-order valence-electron chi connectivity index (χ2n) is 5.79. The summed E-state index contributed by atoms with van der Waals surface area (Å²) < 4.78 is 5.43. The molecule has 1 aromatic rings. The first-order valence-electron chi connectivity index (χ1n) is 6.18. The highest BCUT2D eigenvalue weighted by Gasteiger charge is 2.45. The van der Waals surface area contributed by atoms with E-state index in [1.54, 1.807) is 0 Å². The van der Waals surface area contributed by atoms with Crippen LogP contribution >= 0.6 is 0 Å². The lowest BCUT2D eigenvalue weighted by Gasteiger charge is -2.30. The minimum Gasteiger partial charge on any atom is -0.339 e. The van der Waals surface area contributed by atoms with Crippen LogP contribution in [-0.4, -0.2) is 23.2 Å². The molecule has 0 radical (unpaired) electrons. The van der Waals surface area contributed by atoms with Crippen molar-refractivity contribution in [3.05, 3.63) is 11.7 Å². The van der Waals surface area contributed by atoms with Crippen molar-refractivity contribution in [2.75, 3.05) is 13.1 Å². The zero-order valence-electron chi connectivity index (χ0n) is 10.0. The fraction of sp³-hybridized carbons (Fsp3) is 0.833. The fourth-order valence-electron chi connectivity index (χ4n) is 2.32. The van der Waals surface area contributed by atoms with Gasteiger partial charge in [0, 0.05) is 10.8 Å². The molecule has 2 aliphatic rings. The van der Waals surface area contributed by atoms with Crippen molar-refractivity contribution in [1.82, 2.24) is 15.5 Å². The number of hydrogen-bond acceptors (Lipinski definition) is 4. The molecule has 1 aliphatic heterocycles. The Morgan fingerprint density at radius 1 is 1.06 bits per heavy atom. The van der Waals surface area contributed by atoms with Crippen LogP contribution in [0.15, 0.2) is 4.52 Å². The third kappa shape index (κ3) is 1.56. The van der Waals surface area contributed by atoms with E-state index in [1.807, 2.05) is 0 Å². The van der Waals surface area contributed by atoms with Gasteiger partial charge in [-0.2, -0.15) is 4.98 Å². The molecule has 16 heavy (non-hydrogen) atoms. The summed E-state index contributed by atoms with van der Waals surface area (Å²) in [4.78, 5) is 4.63. The lowest BCUT2D eigenvalue weighted by Crippen LogP contribution is -2.38. The van der Waals surface area contributed by atoms with Gasteiger partial charge < -0.3 is 9.84 Å². The van der Waals surface area contributed by atoms with Crippen molar-refractivity contribution in [2.24, 2.45) is 0 Å². The minimum atomic E-state index is 0.109. The van der Waals surface area contributed by atoms with E-state index in [9.17, 15) is 0 Å². The summed E-state index contributed by atoms with van der Waals surface area (Å²) in [6.07, 6.45) is 4.57. The number of aromatic nitrogens is 2. The van der Waals surface area contributed by atoms with E-state index >= 15 is 0 Å². The lowest BCUT2D eigenvalue weighted by atomic mass is 9.80. The zero-order chi connectivity index (χ0) is 11.2. The molecule has 4 nitrogen and oxygen atoms in total. The Labute approximate surface area is 95.8 Å². The second-order valence-corrected chi connectivity index (χ2v) is 5.79. The summed E-state index contributed by atoms with van der Waals surface area (Å²) >= 11 is 0. The predicted octanol–water partition coefficient (Wildman–Crippen LogP) is 1.76. The van der Waals surface area contributed by atoms with E-state index in [4.69, 9.17) is 4.52 Å².